The lowest BCUT2D eigenvalue weighted by Crippen LogP contribution is -2.16. The molecule has 9 heteroatoms. The molecule has 0 saturated heterocycles. The number of methoxy groups -OCH3 is 1. The predicted molar refractivity (Wildman–Crippen MR) is 80.0 cm³/mol. The van der Waals surface area contributed by atoms with Crippen LogP contribution in [-0.2, 0) is 14.8 Å². The third kappa shape index (κ3) is 3.59. The van der Waals surface area contributed by atoms with E-state index in [0.717, 1.165) is 31.4 Å². The van der Waals surface area contributed by atoms with Gasteiger partial charge >= 0.3 is 5.97 Å². The summed E-state index contributed by atoms with van der Waals surface area (Å²) in [7, 11) is -3.30. The first kappa shape index (κ1) is 17.2. The third-order valence-corrected chi connectivity index (χ3v) is 4.67. The summed E-state index contributed by atoms with van der Waals surface area (Å²) in [5.74, 6) is -2.96. The van der Waals surface area contributed by atoms with E-state index in [0.29, 0.717) is 0 Å². The summed E-state index contributed by atoms with van der Waals surface area (Å²) in [5.41, 5.74) is -0.918. The Morgan fingerprint density at radius 2 is 1.78 bits per heavy atom. The number of carbonyl (C=O) groups is 1. The molecule has 0 aliphatic carbocycles. The van der Waals surface area contributed by atoms with Gasteiger partial charge in [0.15, 0.2) is 0 Å². The normalized spacial score (nSPS) is 11.1. The number of hydrogen-bond donors (Lipinski definition) is 1. The molecular formula is C14H10ClF2NO4S. The van der Waals surface area contributed by atoms with Gasteiger partial charge in [-0.25, -0.2) is 22.0 Å². The van der Waals surface area contributed by atoms with Crippen LogP contribution in [-0.4, -0.2) is 21.5 Å². The van der Waals surface area contributed by atoms with Gasteiger partial charge in [0, 0.05) is 0 Å². The third-order valence-electron chi connectivity index (χ3n) is 2.84. The van der Waals surface area contributed by atoms with E-state index >= 15 is 0 Å². The highest BCUT2D eigenvalue weighted by molar-refractivity contribution is 7.92. The number of nitrogens with one attached hydrogen (secondary N) is 1. The first-order valence-corrected chi connectivity index (χ1v) is 7.97. The summed E-state index contributed by atoms with van der Waals surface area (Å²) in [5, 5.41) is -0.220. The molecule has 0 unspecified atom stereocenters. The zero-order valence-corrected chi connectivity index (χ0v) is 13.2. The summed E-state index contributed by atoms with van der Waals surface area (Å²) < 4.78 is 58.1. The molecule has 23 heavy (non-hydrogen) atoms. The molecule has 0 aliphatic rings. The molecule has 5 nitrogen and oxygen atoms in total. The summed E-state index contributed by atoms with van der Waals surface area (Å²) in [6.07, 6.45) is 0. The maximum atomic E-state index is 13.6. The number of halogens is 3. The van der Waals surface area contributed by atoms with Crippen LogP contribution in [0.15, 0.2) is 41.3 Å². The molecule has 2 aromatic carbocycles. The van der Waals surface area contributed by atoms with Gasteiger partial charge in [-0.3, -0.25) is 4.72 Å². The number of para-hydroxylation sites is 1. The fourth-order valence-corrected chi connectivity index (χ4v) is 3.34. The Balaban J connectivity index is 2.50. The highest BCUT2D eigenvalue weighted by atomic mass is 35.5. The monoisotopic (exact) mass is 361 g/mol. The molecule has 0 heterocycles. The Labute approximate surface area is 135 Å². The molecule has 0 aromatic heterocycles. The van der Waals surface area contributed by atoms with Crippen LogP contribution in [0.2, 0.25) is 5.02 Å². The van der Waals surface area contributed by atoms with Gasteiger partial charge in [-0.05, 0) is 30.3 Å². The molecule has 0 fully saturated rings. The Morgan fingerprint density at radius 1 is 1.17 bits per heavy atom. The second-order valence-electron chi connectivity index (χ2n) is 4.34. The number of sulfonamides is 1. The van der Waals surface area contributed by atoms with Crippen molar-refractivity contribution in [2.75, 3.05) is 11.8 Å². The summed E-state index contributed by atoms with van der Waals surface area (Å²) in [4.78, 5) is 11.0. The molecule has 2 aromatic rings. The molecule has 122 valence electrons. The van der Waals surface area contributed by atoms with E-state index in [4.69, 9.17) is 11.6 Å². The van der Waals surface area contributed by atoms with Gasteiger partial charge < -0.3 is 4.74 Å². The second kappa shape index (κ2) is 6.51. The highest BCUT2D eigenvalue weighted by Crippen LogP contribution is 2.27. The van der Waals surface area contributed by atoms with E-state index in [2.05, 4.69) is 4.74 Å². The Bertz CT molecular complexity index is 851. The van der Waals surface area contributed by atoms with Crippen molar-refractivity contribution in [1.29, 1.82) is 0 Å². The minimum Gasteiger partial charge on any atom is -0.465 e. The lowest BCUT2D eigenvalue weighted by Gasteiger charge is -2.11. The lowest BCUT2D eigenvalue weighted by atomic mass is 10.2. The number of carbonyl (C=O) groups excluding carboxylic acids is 1. The van der Waals surface area contributed by atoms with Crippen molar-refractivity contribution < 1.29 is 26.7 Å². The largest absolute Gasteiger partial charge is 0.465 e. The number of esters is 1. The van der Waals surface area contributed by atoms with E-state index in [1.807, 2.05) is 0 Å². The molecule has 1 N–H and O–H groups in total. The summed E-state index contributed by atoms with van der Waals surface area (Å²) in [6, 6.07) is 6.26. The zero-order chi connectivity index (χ0) is 17.2. The number of rotatable bonds is 4. The van der Waals surface area contributed by atoms with Gasteiger partial charge in [0.1, 0.15) is 22.2 Å². The van der Waals surface area contributed by atoms with Crippen LogP contribution in [0.5, 0.6) is 0 Å². The number of ether oxygens (including phenoxy) is 1. The van der Waals surface area contributed by atoms with Crippen LogP contribution in [0.25, 0.3) is 0 Å². The number of anilines is 1. The number of hydrogen-bond acceptors (Lipinski definition) is 4. The average molecular weight is 362 g/mol. The van der Waals surface area contributed by atoms with Crippen LogP contribution in [0.3, 0.4) is 0 Å². The van der Waals surface area contributed by atoms with Gasteiger partial charge in [0.25, 0.3) is 10.0 Å². The van der Waals surface area contributed by atoms with Gasteiger partial charge in [-0.2, -0.15) is 0 Å². The van der Waals surface area contributed by atoms with E-state index < -0.39 is 38.2 Å². The molecule has 0 atom stereocenters. The van der Waals surface area contributed by atoms with E-state index in [1.165, 1.54) is 12.1 Å². The van der Waals surface area contributed by atoms with Crippen molar-refractivity contribution in [3.63, 3.8) is 0 Å². The molecule has 0 bridgehead atoms. The maximum Gasteiger partial charge on any atom is 0.337 e. The fraction of sp³-hybridized carbons (Fsp3) is 0.0714. The van der Waals surface area contributed by atoms with E-state index in [9.17, 15) is 22.0 Å². The minimum absolute atomic E-state index is 0.0775. The first-order valence-electron chi connectivity index (χ1n) is 6.11. The molecule has 0 amide bonds. The van der Waals surface area contributed by atoms with Crippen LogP contribution < -0.4 is 4.72 Å². The molecule has 0 saturated carbocycles. The summed E-state index contributed by atoms with van der Waals surface area (Å²) in [6.45, 7) is 0. The maximum absolute atomic E-state index is 13.6. The van der Waals surface area contributed by atoms with Gasteiger partial charge in [-0.15, -0.1) is 0 Å². The van der Waals surface area contributed by atoms with E-state index in [-0.39, 0.29) is 10.6 Å². The minimum atomic E-state index is -4.42. The Morgan fingerprint density at radius 3 is 2.35 bits per heavy atom. The topological polar surface area (TPSA) is 72.5 Å². The molecule has 0 aliphatic heterocycles. The van der Waals surface area contributed by atoms with Crippen molar-refractivity contribution in [3.05, 3.63) is 58.6 Å². The number of benzene rings is 2. The molecule has 0 spiro atoms. The van der Waals surface area contributed by atoms with Crippen molar-refractivity contribution in [2.24, 2.45) is 0 Å². The molecular weight excluding hydrogens is 352 g/mol. The SMILES string of the molecule is COC(=O)c1ccc(Cl)c(S(=O)(=O)Nc2c(F)cccc2F)c1. The second-order valence-corrected chi connectivity index (χ2v) is 6.40. The Hall–Kier alpha value is -2.19. The first-order chi connectivity index (χ1) is 10.8. The van der Waals surface area contributed by atoms with Crippen LogP contribution in [0.1, 0.15) is 10.4 Å². The van der Waals surface area contributed by atoms with E-state index in [1.54, 1.807) is 4.72 Å². The standard InChI is InChI=1S/C14H10ClF2NO4S/c1-22-14(19)8-5-6-9(15)12(7-8)23(20,21)18-13-10(16)3-2-4-11(13)17/h2-7,18H,1H3. The smallest absolute Gasteiger partial charge is 0.337 e. The van der Waals surface area contributed by atoms with Gasteiger partial charge in [0.2, 0.25) is 0 Å². The Kier molecular flexibility index (Phi) is 4.86. The lowest BCUT2D eigenvalue weighted by molar-refractivity contribution is 0.0600. The van der Waals surface area contributed by atoms with Gasteiger partial charge in [-0.1, -0.05) is 17.7 Å². The van der Waals surface area contributed by atoms with Crippen LogP contribution in [0.4, 0.5) is 14.5 Å². The zero-order valence-electron chi connectivity index (χ0n) is 11.6. The van der Waals surface area contributed by atoms with Crippen molar-refractivity contribution in [1.82, 2.24) is 0 Å². The van der Waals surface area contributed by atoms with Crippen molar-refractivity contribution >= 4 is 33.3 Å². The van der Waals surface area contributed by atoms with Crippen molar-refractivity contribution in [2.45, 2.75) is 4.90 Å². The highest BCUT2D eigenvalue weighted by Gasteiger charge is 2.23. The molecule has 2 rings (SSSR count). The van der Waals surface area contributed by atoms with Crippen LogP contribution in [0, 0.1) is 11.6 Å². The van der Waals surface area contributed by atoms with Crippen LogP contribution >= 0.6 is 11.6 Å². The molecule has 0 radical (unpaired) electrons. The summed E-state index contributed by atoms with van der Waals surface area (Å²) >= 11 is 5.82. The quantitative estimate of drug-likeness (QED) is 0.849. The average Bonchev–Trinajstić information content (AvgIpc) is 2.50. The van der Waals surface area contributed by atoms with Crippen molar-refractivity contribution in [3.8, 4) is 0 Å². The predicted octanol–water partition coefficient (Wildman–Crippen LogP) is 3.21. The fourth-order valence-electron chi connectivity index (χ4n) is 1.74. The van der Waals surface area contributed by atoms with Gasteiger partial charge in [0.05, 0.1) is 17.7 Å².